The van der Waals surface area contributed by atoms with E-state index in [1.807, 2.05) is 51.1 Å². The second-order valence-electron chi connectivity index (χ2n) is 8.48. The largest absolute Gasteiger partial charge is 0.460 e. The highest BCUT2D eigenvalue weighted by Crippen LogP contribution is 2.45. The molecule has 3 atom stereocenters. The van der Waals surface area contributed by atoms with Crippen molar-refractivity contribution in [1.29, 1.82) is 0 Å². The van der Waals surface area contributed by atoms with Gasteiger partial charge in [0.2, 0.25) is 0 Å². The lowest BCUT2D eigenvalue weighted by atomic mass is 9.70. The summed E-state index contributed by atoms with van der Waals surface area (Å²) < 4.78 is 34.2. The molecule has 2 aromatic rings. The summed E-state index contributed by atoms with van der Waals surface area (Å²) in [5.41, 5.74) is -1.15. The van der Waals surface area contributed by atoms with Crippen LogP contribution in [0.1, 0.15) is 57.2 Å². The highest BCUT2D eigenvalue weighted by Gasteiger charge is 2.45. The molecule has 0 N–H and O–H groups in total. The molecular formula is C24H25F2NO2. The molecule has 1 aromatic carbocycles. The van der Waals surface area contributed by atoms with Crippen molar-refractivity contribution in [3.63, 3.8) is 0 Å². The standard InChI is InChI=1S/C24H25F2NO2/c1-23(2,3)29-22(28)20-12-14-24(26,13-11-19-10-9-18(25)16-27-19)15-21(20)17-7-5-4-6-8-17/h4-10,16,20-21H,12,14-15H2,1-3H3/t20-,21+,24+/m1/s1. The molecule has 0 amide bonds. The Kier molecular flexibility index (Phi) is 6.02. The number of rotatable bonds is 2. The van der Waals surface area contributed by atoms with Crippen molar-refractivity contribution in [3.8, 4) is 11.8 Å². The van der Waals surface area contributed by atoms with Gasteiger partial charge in [-0.1, -0.05) is 36.3 Å². The number of carbonyl (C=O) groups is 1. The average Bonchev–Trinajstić information content (AvgIpc) is 2.67. The molecule has 3 nitrogen and oxygen atoms in total. The first kappa shape index (κ1) is 21.0. The van der Waals surface area contributed by atoms with Crippen LogP contribution in [0.2, 0.25) is 0 Å². The van der Waals surface area contributed by atoms with Gasteiger partial charge in [-0.15, -0.1) is 0 Å². The minimum absolute atomic E-state index is 0.0924. The molecule has 1 fully saturated rings. The molecule has 0 radical (unpaired) electrons. The lowest BCUT2D eigenvalue weighted by Gasteiger charge is -2.37. The molecule has 0 spiro atoms. The van der Waals surface area contributed by atoms with E-state index in [0.29, 0.717) is 12.1 Å². The number of benzene rings is 1. The normalized spacial score (nSPS) is 24.3. The van der Waals surface area contributed by atoms with Crippen molar-refractivity contribution in [2.24, 2.45) is 5.92 Å². The van der Waals surface area contributed by atoms with Crippen LogP contribution in [-0.2, 0) is 9.53 Å². The molecular weight excluding hydrogens is 372 g/mol. The number of pyridine rings is 1. The Bertz CT molecular complexity index is 910. The number of carbonyl (C=O) groups excluding carboxylic acids is 1. The van der Waals surface area contributed by atoms with Crippen molar-refractivity contribution in [1.82, 2.24) is 4.98 Å². The van der Waals surface area contributed by atoms with E-state index >= 15 is 4.39 Å². The third-order valence-corrected chi connectivity index (χ3v) is 4.96. The van der Waals surface area contributed by atoms with Gasteiger partial charge in [0.15, 0.2) is 5.67 Å². The molecule has 0 unspecified atom stereocenters. The molecule has 1 heterocycles. The molecule has 0 bridgehead atoms. The molecule has 29 heavy (non-hydrogen) atoms. The van der Waals surface area contributed by atoms with Crippen LogP contribution in [0.3, 0.4) is 0 Å². The summed E-state index contributed by atoms with van der Waals surface area (Å²) in [7, 11) is 0. The number of hydrogen-bond donors (Lipinski definition) is 0. The van der Waals surface area contributed by atoms with Gasteiger partial charge in [-0.2, -0.15) is 0 Å². The fourth-order valence-corrected chi connectivity index (χ4v) is 3.63. The Morgan fingerprint density at radius 1 is 1.21 bits per heavy atom. The van der Waals surface area contributed by atoms with Crippen LogP contribution in [-0.4, -0.2) is 22.2 Å². The van der Waals surface area contributed by atoms with Crippen molar-refractivity contribution < 1.29 is 18.3 Å². The molecule has 1 aromatic heterocycles. The minimum Gasteiger partial charge on any atom is -0.460 e. The Hall–Kier alpha value is -2.74. The zero-order valence-electron chi connectivity index (χ0n) is 16.9. The van der Waals surface area contributed by atoms with Gasteiger partial charge < -0.3 is 4.74 Å². The lowest BCUT2D eigenvalue weighted by molar-refractivity contribution is -0.162. The van der Waals surface area contributed by atoms with Crippen LogP contribution in [0.15, 0.2) is 48.7 Å². The van der Waals surface area contributed by atoms with Crippen molar-refractivity contribution in [3.05, 3.63) is 65.7 Å². The van der Waals surface area contributed by atoms with Gasteiger partial charge in [0.25, 0.3) is 0 Å². The van der Waals surface area contributed by atoms with Crippen LogP contribution in [0, 0.1) is 23.6 Å². The van der Waals surface area contributed by atoms with Crippen LogP contribution in [0.4, 0.5) is 8.78 Å². The molecule has 1 aliphatic carbocycles. The van der Waals surface area contributed by atoms with E-state index in [0.717, 1.165) is 11.8 Å². The maximum atomic E-state index is 15.6. The molecule has 0 aliphatic heterocycles. The van der Waals surface area contributed by atoms with E-state index in [4.69, 9.17) is 4.74 Å². The average molecular weight is 397 g/mol. The fourth-order valence-electron chi connectivity index (χ4n) is 3.63. The van der Waals surface area contributed by atoms with E-state index < -0.39 is 23.0 Å². The molecule has 5 heteroatoms. The summed E-state index contributed by atoms with van der Waals surface area (Å²) in [6.07, 6.45) is 1.63. The number of alkyl halides is 1. The van der Waals surface area contributed by atoms with E-state index in [1.54, 1.807) is 0 Å². The first-order valence-corrected chi connectivity index (χ1v) is 9.77. The summed E-state index contributed by atoms with van der Waals surface area (Å²) in [6, 6.07) is 12.1. The smallest absolute Gasteiger partial charge is 0.310 e. The number of esters is 1. The van der Waals surface area contributed by atoms with Crippen LogP contribution < -0.4 is 0 Å². The maximum Gasteiger partial charge on any atom is 0.310 e. The molecule has 0 saturated heterocycles. The quantitative estimate of drug-likeness (QED) is 0.516. The number of aromatic nitrogens is 1. The number of ether oxygens (including phenoxy) is 1. The lowest BCUT2D eigenvalue weighted by Crippen LogP contribution is -2.39. The van der Waals surface area contributed by atoms with Crippen molar-refractivity contribution in [2.75, 3.05) is 0 Å². The summed E-state index contributed by atoms with van der Waals surface area (Å²) in [6.45, 7) is 5.48. The Morgan fingerprint density at radius 2 is 1.93 bits per heavy atom. The molecule has 1 aliphatic rings. The van der Waals surface area contributed by atoms with Gasteiger partial charge in [0.1, 0.15) is 17.1 Å². The van der Waals surface area contributed by atoms with Crippen molar-refractivity contribution in [2.45, 2.75) is 57.2 Å². The molecule has 3 rings (SSSR count). The van der Waals surface area contributed by atoms with E-state index in [9.17, 15) is 9.18 Å². The predicted molar refractivity (Wildman–Crippen MR) is 107 cm³/mol. The fraction of sp³-hybridized carbons (Fsp3) is 0.417. The van der Waals surface area contributed by atoms with Crippen molar-refractivity contribution >= 4 is 5.97 Å². The highest BCUT2D eigenvalue weighted by atomic mass is 19.1. The molecule has 152 valence electrons. The van der Waals surface area contributed by atoms with Gasteiger partial charge in [-0.05, 0) is 57.2 Å². The minimum atomic E-state index is -1.75. The second-order valence-corrected chi connectivity index (χ2v) is 8.48. The third kappa shape index (κ3) is 5.63. The monoisotopic (exact) mass is 397 g/mol. The Balaban J connectivity index is 1.86. The third-order valence-electron chi connectivity index (χ3n) is 4.96. The van der Waals surface area contributed by atoms with Gasteiger partial charge in [0, 0.05) is 12.3 Å². The highest BCUT2D eigenvalue weighted by molar-refractivity contribution is 5.74. The number of halogens is 2. The van der Waals surface area contributed by atoms with Crippen LogP contribution >= 0.6 is 0 Å². The first-order valence-electron chi connectivity index (χ1n) is 9.77. The van der Waals surface area contributed by atoms with E-state index in [1.165, 1.54) is 12.1 Å². The maximum absolute atomic E-state index is 15.6. The number of hydrogen-bond acceptors (Lipinski definition) is 3. The summed E-state index contributed by atoms with van der Waals surface area (Å²) in [5.74, 6) is 3.88. The summed E-state index contributed by atoms with van der Waals surface area (Å²) in [5, 5.41) is 0. The van der Waals surface area contributed by atoms with E-state index in [2.05, 4.69) is 16.8 Å². The van der Waals surface area contributed by atoms with Crippen LogP contribution in [0.25, 0.3) is 0 Å². The summed E-state index contributed by atoms with van der Waals surface area (Å²) in [4.78, 5) is 16.7. The Morgan fingerprint density at radius 3 is 2.55 bits per heavy atom. The zero-order valence-corrected chi connectivity index (χ0v) is 16.9. The van der Waals surface area contributed by atoms with Crippen LogP contribution in [0.5, 0.6) is 0 Å². The predicted octanol–water partition coefficient (Wildman–Crippen LogP) is 5.21. The summed E-state index contributed by atoms with van der Waals surface area (Å²) >= 11 is 0. The van der Waals surface area contributed by atoms with E-state index in [-0.39, 0.29) is 24.7 Å². The topological polar surface area (TPSA) is 39.2 Å². The van der Waals surface area contributed by atoms with Gasteiger partial charge in [-0.25, -0.2) is 13.8 Å². The number of nitrogens with zero attached hydrogens (tertiary/aromatic N) is 1. The molecule has 1 saturated carbocycles. The van der Waals surface area contributed by atoms with Gasteiger partial charge in [0.05, 0.1) is 12.1 Å². The SMILES string of the molecule is CC(C)(C)OC(=O)[C@@H]1CC[C@@](F)(C#Cc2ccc(F)cn2)C[C@H]1c1ccccc1. The second kappa shape index (κ2) is 8.32. The Labute approximate surface area is 170 Å². The van der Waals surface area contributed by atoms with Gasteiger partial charge >= 0.3 is 5.97 Å². The van der Waals surface area contributed by atoms with Gasteiger partial charge in [-0.3, -0.25) is 4.79 Å². The zero-order chi connectivity index (χ0) is 21.1. The first-order chi connectivity index (χ1) is 13.7.